The van der Waals surface area contributed by atoms with Gasteiger partial charge in [0, 0.05) is 18.1 Å². The Bertz CT molecular complexity index is 876. The molecule has 9 heteroatoms. The average molecular weight is 379 g/mol. The third-order valence-corrected chi connectivity index (χ3v) is 4.95. The Morgan fingerprint density at radius 2 is 2.12 bits per heavy atom. The summed E-state index contributed by atoms with van der Waals surface area (Å²) >= 11 is 7.62. The number of anilines is 1. The minimum absolute atomic E-state index is 0.0739. The number of rotatable bonds is 6. The van der Waals surface area contributed by atoms with Crippen LogP contribution in [0.4, 0.5) is 5.13 Å². The normalized spacial score (nSPS) is 11.4. The van der Waals surface area contributed by atoms with Crippen molar-refractivity contribution in [2.24, 2.45) is 0 Å². The van der Waals surface area contributed by atoms with E-state index in [2.05, 4.69) is 15.1 Å². The molecule has 1 aromatic carbocycles. The van der Waals surface area contributed by atoms with Gasteiger partial charge in [0.2, 0.25) is 0 Å². The molecule has 0 aliphatic carbocycles. The summed E-state index contributed by atoms with van der Waals surface area (Å²) in [6.07, 6.45) is 2.95. The lowest BCUT2D eigenvalue weighted by Crippen LogP contribution is -2.38. The van der Waals surface area contributed by atoms with Crippen molar-refractivity contribution in [3.63, 3.8) is 0 Å². The molecule has 0 atom stereocenters. The van der Waals surface area contributed by atoms with Gasteiger partial charge in [0.15, 0.2) is 5.13 Å². The first kappa shape index (κ1) is 17.8. The summed E-state index contributed by atoms with van der Waals surface area (Å²) in [6, 6.07) is 3.77. The van der Waals surface area contributed by atoms with Gasteiger partial charge in [0.1, 0.15) is 19.2 Å². The van der Waals surface area contributed by atoms with Crippen LogP contribution in [0.3, 0.4) is 0 Å². The molecular formula is C16H19ClN6OS. The highest BCUT2D eigenvalue weighted by Crippen LogP contribution is 2.33. The molecule has 0 aliphatic rings. The zero-order chi connectivity index (χ0) is 18.0. The molecule has 0 unspecified atom stereocenters. The number of hydrogen-bond acceptors (Lipinski definition) is 6. The summed E-state index contributed by atoms with van der Waals surface area (Å²) in [7, 11) is 3.95. The standard InChI is InChI=1S/C16H19ClN6OS/c1-11-6-12(17)7-13-15(11)20-16(25-13)23(5-4-21(2)3)14(24)8-22-10-18-9-19-22/h6-7,9-10H,4-5,8H2,1-3H3. The second-order valence-electron chi connectivity index (χ2n) is 6.01. The van der Waals surface area contributed by atoms with Gasteiger partial charge in [0.05, 0.1) is 10.2 Å². The van der Waals surface area contributed by atoms with Gasteiger partial charge < -0.3 is 4.90 Å². The molecule has 25 heavy (non-hydrogen) atoms. The van der Waals surface area contributed by atoms with Gasteiger partial charge >= 0.3 is 0 Å². The number of carbonyl (C=O) groups is 1. The van der Waals surface area contributed by atoms with Crippen LogP contribution in [0.2, 0.25) is 5.02 Å². The lowest BCUT2D eigenvalue weighted by Gasteiger charge is -2.21. The van der Waals surface area contributed by atoms with Crippen LogP contribution in [0.25, 0.3) is 10.2 Å². The fourth-order valence-electron chi connectivity index (χ4n) is 2.42. The molecule has 0 aliphatic heterocycles. The molecule has 132 valence electrons. The van der Waals surface area contributed by atoms with E-state index in [1.54, 1.807) is 4.90 Å². The number of aryl methyl sites for hydroxylation is 1. The van der Waals surface area contributed by atoms with Gasteiger partial charge in [-0.1, -0.05) is 22.9 Å². The zero-order valence-corrected chi connectivity index (χ0v) is 15.9. The number of likely N-dealkylation sites (N-methyl/N-ethyl adjacent to an activating group) is 1. The number of amides is 1. The van der Waals surface area contributed by atoms with Crippen molar-refractivity contribution in [2.75, 3.05) is 32.1 Å². The average Bonchev–Trinajstić information content (AvgIpc) is 3.16. The third kappa shape index (κ3) is 4.15. The maximum Gasteiger partial charge on any atom is 0.250 e. The number of thiazole rings is 1. The molecule has 0 saturated carbocycles. The summed E-state index contributed by atoms with van der Waals surface area (Å²) in [5, 5.41) is 5.36. The van der Waals surface area contributed by atoms with Crippen LogP contribution < -0.4 is 4.90 Å². The molecule has 1 amide bonds. The fraction of sp³-hybridized carbons (Fsp3) is 0.375. The number of fused-ring (bicyclic) bond motifs is 1. The van der Waals surface area contributed by atoms with Crippen LogP contribution in [0, 0.1) is 6.92 Å². The topological polar surface area (TPSA) is 67.2 Å². The van der Waals surface area contributed by atoms with E-state index in [-0.39, 0.29) is 12.5 Å². The van der Waals surface area contributed by atoms with Gasteiger partial charge in [-0.15, -0.1) is 0 Å². The minimum Gasteiger partial charge on any atom is -0.308 e. The second-order valence-corrected chi connectivity index (χ2v) is 7.45. The molecule has 0 saturated heterocycles. The number of hydrogen-bond donors (Lipinski definition) is 0. The Labute approximate surface area is 154 Å². The van der Waals surface area contributed by atoms with E-state index in [4.69, 9.17) is 11.6 Å². The summed E-state index contributed by atoms with van der Waals surface area (Å²) in [5.74, 6) is -0.0739. The molecule has 7 nitrogen and oxygen atoms in total. The Morgan fingerprint density at radius 3 is 2.80 bits per heavy atom. The van der Waals surface area contributed by atoms with E-state index in [0.29, 0.717) is 16.7 Å². The van der Waals surface area contributed by atoms with E-state index in [1.807, 2.05) is 38.1 Å². The molecule has 0 fully saturated rings. The zero-order valence-electron chi connectivity index (χ0n) is 14.3. The molecule has 0 N–H and O–H groups in total. The van der Waals surface area contributed by atoms with Crippen LogP contribution in [-0.4, -0.2) is 57.7 Å². The van der Waals surface area contributed by atoms with Crippen molar-refractivity contribution in [2.45, 2.75) is 13.5 Å². The third-order valence-electron chi connectivity index (χ3n) is 3.71. The molecule has 0 spiro atoms. The molecule has 0 bridgehead atoms. The maximum absolute atomic E-state index is 12.8. The van der Waals surface area contributed by atoms with Gasteiger partial charge in [-0.3, -0.25) is 9.69 Å². The number of aromatic nitrogens is 4. The molecule has 3 aromatic rings. The van der Waals surface area contributed by atoms with Crippen molar-refractivity contribution >= 4 is 44.2 Å². The Kier molecular flexibility index (Phi) is 5.31. The summed E-state index contributed by atoms with van der Waals surface area (Å²) in [4.78, 5) is 25.1. The molecule has 2 aromatic heterocycles. The SMILES string of the molecule is Cc1cc(Cl)cc2sc(N(CCN(C)C)C(=O)Cn3cncn3)nc12. The van der Waals surface area contributed by atoms with Crippen molar-refractivity contribution in [1.29, 1.82) is 0 Å². The van der Waals surface area contributed by atoms with Crippen LogP contribution in [0.1, 0.15) is 5.56 Å². The Balaban J connectivity index is 1.93. The van der Waals surface area contributed by atoms with Gasteiger partial charge in [-0.05, 0) is 38.7 Å². The van der Waals surface area contributed by atoms with Crippen LogP contribution in [0.15, 0.2) is 24.8 Å². The first-order valence-corrected chi connectivity index (χ1v) is 8.97. The highest BCUT2D eigenvalue weighted by atomic mass is 35.5. The van der Waals surface area contributed by atoms with E-state index in [1.165, 1.54) is 28.7 Å². The van der Waals surface area contributed by atoms with Crippen LogP contribution in [0.5, 0.6) is 0 Å². The highest BCUT2D eigenvalue weighted by molar-refractivity contribution is 7.22. The van der Waals surface area contributed by atoms with E-state index in [0.717, 1.165) is 22.3 Å². The molecule has 3 rings (SSSR count). The number of carbonyl (C=O) groups excluding carboxylic acids is 1. The second kappa shape index (κ2) is 7.47. The molecule has 0 radical (unpaired) electrons. The van der Waals surface area contributed by atoms with E-state index in [9.17, 15) is 4.79 Å². The van der Waals surface area contributed by atoms with Crippen molar-refractivity contribution in [3.8, 4) is 0 Å². The van der Waals surface area contributed by atoms with Crippen LogP contribution >= 0.6 is 22.9 Å². The Morgan fingerprint density at radius 1 is 1.32 bits per heavy atom. The lowest BCUT2D eigenvalue weighted by atomic mass is 10.2. The molecule has 2 heterocycles. The molecular weight excluding hydrogens is 360 g/mol. The quantitative estimate of drug-likeness (QED) is 0.659. The summed E-state index contributed by atoms with van der Waals surface area (Å²) < 4.78 is 2.49. The van der Waals surface area contributed by atoms with E-state index < -0.39 is 0 Å². The van der Waals surface area contributed by atoms with Crippen LogP contribution in [-0.2, 0) is 11.3 Å². The monoisotopic (exact) mass is 378 g/mol. The van der Waals surface area contributed by atoms with Crippen molar-refractivity contribution < 1.29 is 4.79 Å². The fourth-order valence-corrected chi connectivity index (χ4v) is 3.89. The minimum atomic E-state index is -0.0739. The van der Waals surface area contributed by atoms with Crippen molar-refractivity contribution in [1.82, 2.24) is 24.6 Å². The number of nitrogens with zero attached hydrogens (tertiary/aromatic N) is 6. The predicted octanol–water partition coefficient (Wildman–Crippen LogP) is 2.44. The summed E-state index contributed by atoms with van der Waals surface area (Å²) in [6.45, 7) is 3.38. The number of halogens is 1. The van der Waals surface area contributed by atoms with Gasteiger partial charge in [0.25, 0.3) is 5.91 Å². The lowest BCUT2D eigenvalue weighted by molar-refractivity contribution is -0.119. The van der Waals surface area contributed by atoms with Gasteiger partial charge in [-0.25, -0.2) is 14.6 Å². The Hall–Kier alpha value is -2.03. The smallest absolute Gasteiger partial charge is 0.250 e. The number of benzene rings is 1. The largest absolute Gasteiger partial charge is 0.308 e. The predicted molar refractivity (Wildman–Crippen MR) is 100 cm³/mol. The van der Waals surface area contributed by atoms with Crippen molar-refractivity contribution in [3.05, 3.63) is 35.4 Å². The van der Waals surface area contributed by atoms with E-state index >= 15 is 0 Å². The van der Waals surface area contributed by atoms with Gasteiger partial charge in [-0.2, -0.15) is 5.10 Å². The first-order valence-electron chi connectivity index (χ1n) is 7.78. The first-order chi connectivity index (χ1) is 11.9. The maximum atomic E-state index is 12.8. The highest BCUT2D eigenvalue weighted by Gasteiger charge is 2.21. The summed E-state index contributed by atoms with van der Waals surface area (Å²) in [5.41, 5.74) is 1.88.